The standard InChI is InChI=1S/C54H35N3/c1-3-18-36(19-4-1)38-22-7-12-29-45(38)56-48-32-15-10-25-43(48)52-50(56)34-35-51-53(52)44-26-11-16-33-49(44)57(51)47-31-14-9-24-40(47)42-28-17-27-41-39-23-8-13-30-46(39)55(54(41)42)37-20-5-2-6-21-37/h1-35H. The molecule has 3 heteroatoms. The topological polar surface area (TPSA) is 14.8 Å². The van der Waals surface area contributed by atoms with Crippen LogP contribution in [0.25, 0.3) is 105 Å². The van der Waals surface area contributed by atoms with Gasteiger partial charge in [0.1, 0.15) is 0 Å². The van der Waals surface area contributed by atoms with E-state index in [1.807, 2.05) is 0 Å². The second-order valence-electron chi connectivity index (χ2n) is 14.8. The smallest absolute Gasteiger partial charge is 0.0620 e. The van der Waals surface area contributed by atoms with Crippen LogP contribution in [0.2, 0.25) is 0 Å². The van der Waals surface area contributed by atoms with E-state index in [4.69, 9.17) is 0 Å². The summed E-state index contributed by atoms with van der Waals surface area (Å²) >= 11 is 0. The van der Waals surface area contributed by atoms with Gasteiger partial charge in [0.2, 0.25) is 0 Å². The van der Waals surface area contributed by atoms with Crippen LogP contribution < -0.4 is 0 Å². The lowest BCUT2D eigenvalue weighted by atomic mass is 9.99. The Morgan fingerprint density at radius 1 is 0.246 bits per heavy atom. The lowest BCUT2D eigenvalue weighted by Crippen LogP contribution is -2.00. The summed E-state index contributed by atoms with van der Waals surface area (Å²) < 4.78 is 7.40. The molecule has 0 bridgehead atoms. The molecule has 57 heavy (non-hydrogen) atoms. The maximum absolute atomic E-state index is 2.50. The van der Waals surface area contributed by atoms with Crippen molar-refractivity contribution in [2.24, 2.45) is 0 Å². The average molecular weight is 726 g/mol. The first-order valence-electron chi connectivity index (χ1n) is 19.6. The molecular formula is C54H35N3. The van der Waals surface area contributed by atoms with Gasteiger partial charge >= 0.3 is 0 Å². The molecule has 3 nitrogen and oxygen atoms in total. The summed E-state index contributed by atoms with van der Waals surface area (Å²) in [7, 11) is 0. The van der Waals surface area contributed by atoms with Crippen LogP contribution in [0.4, 0.5) is 0 Å². The monoisotopic (exact) mass is 725 g/mol. The van der Waals surface area contributed by atoms with Gasteiger partial charge in [-0.3, -0.25) is 0 Å². The Kier molecular flexibility index (Phi) is 6.93. The lowest BCUT2D eigenvalue weighted by molar-refractivity contribution is 1.17. The quantitative estimate of drug-likeness (QED) is 0.168. The maximum Gasteiger partial charge on any atom is 0.0620 e. The fourth-order valence-electron chi connectivity index (χ4n) is 9.55. The van der Waals surface area contributed by atoms with Gasteiger partial charge in [0, 0.05) is 54.7 Å². The highest BCUT2D eigenvalue weighted by Crippen LogP contribution is 2.46. The molecule has 0 aliphatic heterocycles. The molecule has 3 aromatic heterocycles. The van der Waals surface area contributed by atoms with Gasteiger partial charge in [-0.05, 0) is 60.2 Å². The Morgan fingerprint density at radius 2 is 0.684 bits per heavy atom. The van der Waals surface area contributed by atoms with Crippen molar-refractivity contribution >= 4 is 65.4 Å². The van der Waals surface area contributed by atoms with Crippen molar-refractivity contribution in [3.63, 3.8) is 0 Å². The molecule has 0 fully saturated rings. The summed E-state index contributed by atoms with van der Waals surface area (Å²) in [5.41, 5.74) is 15.4. The van der Waals surface area contributed by atoms with E-state index in [1.165, 1.54) is 93.4 Å². The van der Waals surface area contributed by atoms with Crippen molar-refractivity contribution in [1.29, 1.82) is 0 Å². The van der Waals surface area contributed by atoms with E-state index in [9.17, 15) is 0 Å². The molecule has 0 radical (unpaired) electrons. The molecule has 0 spiro atoms. The molecule has 0 saturated heterocycles. The molecule has 3 heterocycles. The van der Waals surface area contributed by atoms with Crippen molar-refractivity contribution in [2.45, 2.75) is 0 Å². The van der Waals surface area contributed by atoms with E-state index >= 15 is 0 Å². The highest BCUT2D eigenvalue weighted by molar-refractivity contribution is 6.29. The molecule has 0 saturated carbocycles. The lowest BCUT2D eigenvalue weighted by Gasteiger charge is -2.17. The van der Waals surface area contributed by atoms with Crippen molar-refractivity contribution in [2.75, 3.05) is 0 Å². The first-order chi connectivity index (χ1) is 28.3. The third-order valence-electron chi connectivity index (χ3n) is 11.8. The Labute approximate surface area is 329 Å². The number of para-hydroxylation sites is 7. The number of hydrogen-bond donors (Lipinski definition) is 0. The van der Waals surface area contributed by atoms with E-state index in [2.05, 4.69) is 226 Å². The molecule has 0 aliphatic carbocycles. The van der Waals surface area contributed by atoms with Crippen LogP contribution in [0, 0.1) is 0 Å². The zero-order chi connectivity index (χ0) is 37.5. The van der Waals surface area contributed by atoms with Crippen molar-refractivity contribution in [3.8, 4) is 39.3 Å². The minimum atomic E-state index is 1.15. The summed E-state index contributed by atoms with van der Waals surface area (Å²) in [4.78, 5) is 0. The van der Waals surface area contributed by atoms with Gasteiger partial charge in [-0.15, -0.1) is 0 Å². The zero-order valence-electron chi connectivity index (χ0n) is 31.0. The van der Waals surface area contributed by atoms with Gasteiger partial charge in [-0.1, -0.05) is 158 Å². The van der Waals surface area contributed by atoms with Crippen LogP contribution in [0.5, 0.6) is 0 Å². The van der Waals surface area contributed by atoms with Crippen LogP contribution >= 0.6 is 0 Å². The largest absolute Gasteiger partial charge is 0.309 e. The van der Waals surface area contributed by atoms with Crippen molar-refractivity contribution in [1.82, 2.24) is 13.7 Å². The minimum absolute atomic E-state index is 1.15. The third-order valence-corrected chi connectivity index (χ3v) is 11.8. The predicted octanol–water partition coefficient (Wildman–Crippen LogP) is 14.3. The van der Waals surface area contributed by atoms with Gasteiger partial charge < -0.3 is 13.7 Å². The molecule has 9 aromatic carbocycles. The Morgan fingerprint density at radius 3 is 1.32 bits per heavy atom. The second kappa shape index (κ2) is 12.5. The van der Waals surface area contributed by atoms with Crippen LogP contribution in [0.3, 0.4) is 0 Å². The van der Waals surface area contributed by atoms with Crippen LogP contribution in [-0.4, -0.2) is 13.7 Å². The zero-order valence-corrected chi connectivity index (χ0v) is 31.0. The van der Waals surface area contributed by atoms with Gasteiger partial charge in [-0.2, -0.15) is 0 Å². The number of hydrogen-bond acceptors (Lipinski definition) is 0. The predicted molar refractivity (Wildman–Crippen MR) is 240 cm³/mol. The second-order valence-corrected chi connectivity index (χ2v) is 14.8. The third kappa shape index (κ3) is 4.60. The molecule has 0 amide bonds. The van der Waals surface area contributed by atoms with Gasteiger partial charge in [0.25, 0.3) is 0 Å². The Balaban J connectivity index is 1.18. The molecule has 266 valence electrons. The highest BCUT2D eigenvalue weighted by Gasteiger charge is 2.24. The summed E-state index contributed by atoms with van der Waals surface area (Å²) in [5, 5.41) is 7.51. The van der Waals surface area contributed by atoms with Gasteiger partial charge in [0.15, 0.2) is 0 Å². The van der Waals surface area contributed by atoms with Crippen LogP contribution in [0.15, 0.2) is 212 Å². The van der Waals surface area contributed by atoms with Crippen LogP contribution in [-0.2, 0) is 0 Å². The molecular weight excluding hydrogens is 691 g/mol. The van der Waals surface area contributed by atoms with E-state index in [0.29, 0.717) is 0 Å². The highest BCUT2D eigenvalue weighted by atomic mass is 15.0. The summed E-state index contributed by atoms with van der Waals surface area (Å²) in [6.07, 6.45) is 0. The number of rotatable bonds is 5. The number of benzene rings is 9. The summed E-state index contributed by atoms with van der Waals surface area (Å²) in [6.45, 7) is 0. The van der Waals surface area contributed by atoms with Gasteiger partial charge in [0.05, 0.1) is 44.5 Å². The maximum atomic E-state index is 2.50. The molecule has 12 aromatic rings. The van der Waals surface area contributed by atoms with E-state index in [1.54, 1.807) is 0 Å². The summed E-state index contributed by atoms with van der Waals surface area (Å²) in [5.74, 6) is 0. The SMILES string of the molecule is c1ccc(-c2ccccc2-n2c3ccccc3c3c4c5ccccc5n(-c5ccccc5-c5cccc6c7ccccc7n(-c7ccccc7)c56)c4ccc32)cc1. The van der Waals surface area contributed by atoms with E-state index in [-0.39, 0.29) is 0 Å². The Hall–Kier alpha value is -7.62. The van der Waals surface area contributed by atoms with Crippen molar-refractivity contribution < 1.29 is 0 Å². The molecule has 0 aliphatic rings. The average Bonchev–Trinajstić information content (AvgIpc) is 3.93. The number of nitrogens with zero attached hydrogens (tertiary/aromatic N) is 3. The van der Waals surface area contributed by atoms with Gasteiger partial charge in [-0.25, -0.2) is 0 Å². The van der Waals surface area contributed by atoms with Crippen LogP contribution in [0.1, 0.15) is 0 Å². The minimum Gasteiger partial charge on any atom is -0.309 e. The molecule has 12 rings (SSSR count). The van der Waals surface area contributed by atoms with E-state index < -0.39 is 0 Å². The van der Waals surface area contributed by atoms with E-state index in [0.717, 1.165) is 11.4 Å². The fourth-order valence-corrected chi connectivity index (χ4v) is 9.55. The van der Waals surface area contributed by atoms with Crippen molar-refractivity contribution in [3.05, 3.63) is 212 Å². The first-order valence-corrected chi connectivity index (χ1v) is 19.6. The molecule has 0 unspecified atom stereocenters. The number of fused-ring (bicyclic) bond motifs is 10. The summed E-state index contributed by atoms with van der Waals surface area (Å²) in [6, 6.07) is 77.3. The molecule has 0 atom stereocenters. The fraction of sp³-hybridized carbons (Fsp3) is 0. The number of aromatic nitrogens is 3. The Bertz CT molecular complexity index is 3510. The first kappa shape index (κ1) is 31.7. The normalized spacial score (nSPS) is 11.9. The molecule has 0 N–H and O–H groups in total.